The average molecular weight is 330 g/mol. The van der Waals surface area contributed by atoms with Crippen molar-refractivity contribution in [2.45, 2.75) is 25.6 Å². The van der Waals surface area contributed by atoms with Crippen LogP contribution < -0.4 is 0 Å². The van der Waals surface area contributed by atoms with E-state index in [2.05, 4.69) is 0 Å². The second kappa shape index (κ2) is 7.19. The highest BCUT2D eigenvalue weighted by Gasteiger charge is 2.32. The van der Waals surface area contributed by atoms with Crippen molar-refractivity contribution in [3.8, 4) is 0 Å². The highest BCUT2D eigenvalue weighted by atomic mass is 32.2. The Hall–Kier alpha value is -1.19. The summed E-state index contributed by atoms with van der Waals surface area (Å²) in [5.41, 5.74) is -1.49. The van der Waals surface area contributed by atoms with E-state index in [9.17, 15) is 37.0 Å². The van der Waals surface area contributed by atoms with Crippen LogP contribution in [0.5, 0.6) is 0 Å². The van der Waals surface area contributed by atoms with Gasteiger partial charge >= 0.3 is 0 Å². The molecule has 3 nitrogen and oxygen atoms in total. The SMILES string of the molecule is CC(=O)SCCC(O)C(O)c1c(F)c(F)c(F)c(F)c1F. The number of carbonyl (C=O) groups excluding carboxylic acids is 1. The van der Waals surface area contributed by atoms with Gasteiger partial charge in [0.2, 0.25) is 5.82 Å². The highest BCUT2D eigenvalue weighted by Crippen LogP contribution is 2.30. The van der Waals surface area contributed by atoms with E-state index in [1.165, 1.54) is 6.92 Å². The molecule has 0 heterocycles. The van der Waals surface area contributed by atoms with Gasteiger partial charge in [-0.15, -0.1) is 0 Å². The number of carbonyl (C=O) groups is 1. The first-order valence-electron chi connectivity index (χ1n) is 5.69. The maximum absolute atomic E-state index is 13.4. The van der Waals surface area contributed by atoms with Gasteiger partial charge in [0.15, 0.2) is 28.4 Å². The van der Waals surface area contributed by atoms with Gasteiger partial charge in [-0.05, 0) is 6.42 Å². The lowest BCUT2D eigenvalue weighted by Gasteiger charge is -2.19. The topological polar surface area (TPSA) is 57.5 Å². The van der Waals surface area contributed by atoms with Crippen LogP contribution in [0.2, 0.25) is 0 Å². The van der Waals surface area contributed by atoms with Gasteiger partial charge in [-0.1, -0.05) is 11.8 Å². The van der Waals surface area contributed by atoms with Crippen LogP contribution in [0.4, 0.5) is 22.0 Å². The van der Waals surface area contributed by atoms with Crippen LogP contribution in [0, 0.1) is 29.1 Å². The average Bonchev–Trinajstić information content (AvgIpc) is 2.42. The Kier molecular flexibility index (Phi) is 6.11. The zero-order chi connectivity index (χ0) is 16.3. The van der Waals surface area contributed by atoms with Gasteiger partial charge in [0, 0.05) is 12.7 Å². The van der Waals surface area contributed by atoms with Crippen molar-refractivity contribution < 1.29 is 37.0 Å². The van der Waals surface area contributed by atoms with Gasteiger partial charge in [-0.2, -0.15) is 0 Å². The molecule has 0 radical (unpaired) electrons. The fraction of sp³-hybridized carbons (Fsp3) is 0.417. The third-order valence-electron chi connectivity index (χ3n) is 2.62. The van der Waals surface area contributed by atoms with Gasteiger partial charge in [-0.25, -0.2) is 22.0 Å². The third-order valence-corrected chi connectivity index (χ3v) is 3.47. The van der Waals surface area contributed by atoms with E-state index < -0.39 is 46.9 Å². The maximum Gasteiger partial charge on any atom is 0.200 e. The second-order valence-corrected chi connectivity index (χ2v) is 5.40. The first kappa shape index (κ1) is 17.9. The number of rotatable bonds is 5. The van der Waals surface area contributed by atoms with Crippen LogP contribution in [-0.4, -0.2) is 27.2 Å². The molecule has 0 bridgehead atoms. The van der Waals surface area contributed by atoms with Gasteiger partial charge < -0.3 is 10.2 Å². The first-order chi connectivity index (χ1) is 9.68. The Labute approximate surface area is 120 Å². The number of aliphatic hydroxyl groups excluding tert-OH is 2. The Morgan fingerprint density at radius 3 is 1.86 bits per heavy atom. The summed E-state index contributed by atoms with van der Waals surface area (Å²) < 4.78 is 65.6. The molecule has 0 spiro atoms. The zero-order valence-electron chi connectivity index (χ0n) is 10.7. The molecule has 0 saturated heterocycles. The molecule has 1 aromatic rings. The maximum atomic E-state index is 13.4. The number of benzene rings is 1. The molecule has 2 unspecified atom stereocenters. The highest BCUT2D eigenvalue weighted by molar-refractivity contribution is 8.13. The normalized spacial score (nSPS) is 14.1. The Morgan fingerprint density at radius 1 is 1.00 bits per heavy atom. The van der Waals surface area contributed by atoms with Crippen molar-refractivity contribution in [1.29, 1.82) is 0 Å². The van der Waals surface area contributed by atoms with Crippen LogP contribution in [0.25, 0.3) is 0 Å². The lowest BCUT2D eigenvalue weighted by atomic mass is 10.0. The molecule has 2 atom stereocenters. The fourth-order valence-corrected chi connectivity index (χ4v) is 2.20. The third kappa shape index (κ3) is 3.92. The molecule has 9 heteroatoms. The lowest BCUT2D eigenvalue weighted by Crippen LogP contribution is -2.23. The summed E-state index contributed by atoms with van der Waals surface area (Å²) in [6.45, 7) is 1.25. The summed E-state index contributed by atoms with van der Waals surface area (Å²) in [5.74, 6) is -11.1. The van der Waals surface area contributed by atoms with Crippen molar-refractivity contribution in [2.24, 2.45) is 0 Å². The number of hydrogen-bond donors (Lipinski definition) is 2. The van der Waals surface area contributed by atoms with E-state index in [0.29, 0.717) is 0 Å². The zero-order valence-corrected chi connectivity index (χ0v) is 11.5. The number of aliphatic hydroxyl groups is 2. The van der Waals surface area contributed by atoms with Crippen LogP contribution >= 0.6 is 11.8 Å². The van der Waals surface area contributed by atoms with Gasteiger partial charge in [-0.3, -0.25) is 4.79 Å². The molecule has 0 aliphatic rings. The van der Waals surface area contributed by atoms with E-state index in [1.807, 2.05) is 0 Å². The fourth-order valence-electron chi connectivity index (χ4n) is 1.56. The number of hydrogen-bond acceptors (Lipinski definition) is 4. The largest absolute Gasteiger partial charge is 0.390 e. The van der Waals surface area contributed by atoms with Crippen LogP contribution in [0.15, 0.2) is 0 Å². The summed E-state index contributed by atoms with van der Waals surface area (Å²) in [4.78, 5) is 10.7. The lowest BCUT2D eigenvalue weighted by molar-refractivity contribution is -0.109. The predicted octanol–water partition coefficient (Wildman–Crippen LogP) is 2.45. The van der Waals surface area contributed by atoms with Crippen LogP contribution in [-0.2, 0) is 4.79 Å². The molecule has 0 fully saturated rings. The quantitative estimate of drug-likeness (QED) is 0.495. The molecule has 1 aromatic carbocycles. The van der Waals surface area contributed by atoms with Crippen molar-refractivity contribution in [1.82, 2.24) is 0 Å². The second-order valence-electron chi connectivity index (χ2n) is 4.12. The summed E-state index contributed by atoms with van der Waals surface area (Å²) in [5, 5.41) is 18.8. The van der Waals surface area contributed by atoms with Gasteiger partial charge in [0.25, 0.3) is 0 Å². The Bertz CT molecular complexity index is 523. The molecular formula is C12H11F5O3S. The molecule has 118 valence electrons. The Morgan fingerprint density at radius 2 is 1.43 bits per heavy atom. The number of thioether (sulfide) groups is 1. The smallest absolute Gasteiger partial charge is 0.200 e. The van der Waals surface area contributed by atoms with Gasteiger partial charge in [0.05, 0.1) is 11.7 Å². The molecule has 1 rings (SSSR count). The minimum Gasteiger partial charge on any atom is -0.390 e. The molecule has 0 aromatic heterocycles. The van der Waals surface area contributed by atoms with Crippen LogP contribution in [0.1, 0.15) is 25.0 Å². The summed E-state index contributed by atoms with van der Waals surface area (Å²) >= 11 is 0.784. The summed E-state index contributed by atoms with van der Waals surface area (Å²) in [6.07, 6.45) is -4.36. The van der Waals surface area contributed by atoms with E-state index in [1.54, 1.807) is 0 Å². The van der Waals surface area contributed by atoms with E-state index in [4.69, 9.17) is 0 Å². The van der Waals surface area contributed by atoms with E-state index in [0.717, 1.165) is 11.8 Å². The van der Waals surface area contributed by atoms with Crippen molar-refractivity contribution in [3.63, 3.8) is 0 Å². The first-order valence-corrected chi connectivity index (χ1v) is 6.67. The van der Waals surface area contributed by atoms with E-state index in [-0.39, 0.29) is 17.3 Å². The molecule has 0 aliphatic carbocycles. The minimum absolute atomic E-state index is 0.0168. The van der Waals surface area contributed by atoms with Crippen molar-refractivity contribution in [3.05, 3.63) is 34.6 Å². The molecule has 2 N–H and O–H groups in total. The minimum atomic E-state index is -2.34. The monoisotopic (exact) mass is 330 g/mol. The predicted molar refractivity (Wildman–Crippen MR) is 65.0 cm³/mol. The summed E-state index contributed by atoms with van der Waals surface area (Å²) in [6, 6.07) is 0. The van der Waals surface area contributed by atoms with Crippen molar-refractivity contribution >= 4 is 16.9 Å². The van der Waals surface area contributed by atoms with Crippen LogP contribution in [0.3, 0.4) is 0 Å². The Balaban J connectivity index is 3.02. The molecule has 0 aliphatic heterocycles. The molecule has 21 heavy (non-hydrogen) atoms. The number of halogens is 5. The summed E-state index contributed by atoms with van der Waals surface area (Å²) in [7, 11) is 0. The molecule has 0 amide bonds. The van der Waals surface area contributed by atoms with Crippen molar-refractivity contribution in [2.75, 3.05) is 5.75 Å². The van der Waals surface area contributed by atoms with E-state index >= 15 is 0 Å². The molecule has 0 saturated carbocycles. The van der Waals surface area contributed by atoms with Gasteiger partial charge in [0.1, 0.15) is 6.10 Å². The standard InChI is InChI=1S/C12H11F5O3S/c1-4(18)21-3-2-5(19)12(20)6-7(13)9(15)11(17)10(16)8(6)14/h5,12,19-20H,2-3H2,1H3. The molecular weight excluding hydrogens is 319 g/mol.